The molecule has 0 nitrogen and oxygen atoms in total. The van der Waals surface area contributed by atoms with Crippen molar-refractivity contribution in [3.8, 4) is 0 Å². The minimum Gasteiger partial charge on any atom is -0.0999 e. The molecule has 0 aromatic carbocycles. The molecule has 0 aliphatic carbocycles. The molecule has 204 valence electrons. The average molecular weight is 477 g/mol. The standard InChI is InChI=1S/C34H68/c1-4-6-8-10-12-14-16-18-20-22-24-26-28-30-32-34(3)33-31-29-27-25-23-21-19-17-15-13-11-9-7-5-2/h3-33H2,1-2H3. The van der Waals surface area contributed by atoms with Crippen molar-refractivity contribution in [2.45, 2.75) is 206 Å². The molecule has 0 atom stereocenters. The Morgan fingerprint density at radius 3 is 0.676 bits per heavy atom. The maximum absolute atomic E-state index is 4.35. The molecule has 0 unspecified atom stereocenters. The van der Waals surface area contributed by atoms with E-state index in [9.17, 15) is 0 Å². The monoisotopic (exact) mass is 477 g/mol. The summed E-state index contributed by atoms with van der Waals surface area (Å²) in [5, 5.41) is 0. The second-order valence-corrected chi connectivity index (χ2v) is 11.4. The third-order valence-electron chi connectivity index (χ3n) is 7.77. The normalized spacial score (nSPS) is 11.4. The highest BCUT2D eigenvalue weighted by atomic mass is 14.0. The Labute approximate surface area is 218 Å². The van der Waals surface area contributed by atoms with Crippen molar-refractivity contribution in [1.29, 1.82) is 0 Å². The zero-order valence-electron chi connectivity index (χ0n) is 24.4. The van der Waals surface area contributed by atoms with Gasteiger partial charge in [-0.15, -0.1) is 0 Å². The first-order valence-corrected chi connectivity index (χ1v) is 16.5. The molecule has 0 aliphatic rings. The molecular formula is C34H68. The first kappa shape index (κ1) is 33.7. The Morgan fingerprint density at radius 2 is 0.471 bits per heavy atom. The number of allylic oxidation sites excluding steroid dienone is 1. The zero-order valence-corrected chi connectivity index (χ0v) is 24.4. The molecule has 0 heterocycles. The van der Waals surface area contributed by atoms with E-state index in [1.807, 2.05) is 0 Å². The molecule has 0 aliphatic heterocycles. The first-order valence-electron chi connectivity index (χ1n) is 16.5. The van der Waals surface area contributed by atoms with Crippen molar-refractivity contribution in [3.05, 3.63) is 12.2 Å². The van der Waals surface area contributed by atoms with Gasteiger partial charge in [0, 0.05) is 0 Å². The minimum absolute atomic E-state index is 1.29. The number of unbranched alkanes of at least 4 members (excludes halogenated alkanes) is 26. The number of hydrogen-bond acceptors (Lipinski definition) is 0. The fourth-order valence-corrected chi connectivity index (χ4v) is 5.26. The lowest BCUT2D eigenvalue weighted by Crippen LogP contribution is -1.87. The highest BCUT2D eigenvalue weighted by Crippen LogP contribution is 2.18. The molecule has 0 saturated heterocycles. The summed E-state index contributed by atoms with van der Waals surface area (Å²) in [4.78, 5) is 0. The molecule has 0 N–H and O–H groups in total. The Morgan fingerprint density at radius 1 is 0.294 bits per heavy atom. The molecule has 0 aromatic rings. The average Bonchev–Trinajstić information content (AvgIpc) is 2.84. The summed E-state index contributed by atoms with van der Waals surface area (Å²) in [7, 11) is 0. The van der Waals surface area contributed by atoms with E-state index >= 15 is 0 Å². The Hall–Kier alpha value is -0.260. The van der Waals surface area contributed by atoms with Crippen molar-refractivity contribution in [2.24, 2.45) is 0 Å². The maximum atomic E-state index is 4.35. The van der Waals surface area contributed by atoms with Gasteiger partial charge in [0.1, 0.15) is 0 Å². The van der Waals surface area contributed by atoms with E-state index in [2.05, 4.69) is 20.4 Å². The smallest absolute Gasteiger partial charge is 0.0323 e. The lowest BCUT2D eigenvalue weighted by Gasteiger charge is -2.07. The van der Waals surface area contributed by atoms with Crippen LogP contribution in [0.15, 0.2) is 12.2 Å². The quantitative estimate of drug-likeness (QED) is 0.0714. The molecular weight excluding hydrogens is 408 g/mol. The van der Waals surface area contributed by atoms with Crippen LogP contribution >= 0.6 is 0 Å². The lowest BCUT2D eigenvalue weighted by atomic mass is 10.00. The molecule has 0 saturated carbocycles. The van der Waals surface area contributed by atoms with Crippen LogP contribution in [0.2, 0.25) is 0 Å². The SMILES string of the molecule is C=C(CCCCCCCCCCCCCCCC)CCCCCCCCCCCCCCCC. The van der Waals surface area contributed by atoms with Crippen LogP contribution in [0.3, 0.4) is 0 Å². The molecule has 0 fully saturated rings. The second kappa shape index (κ2) is 30.8. The van der Waals surface area contributed by atoms with Gasteiger partial charge in [-0.3, -0.25) is 0 Å². The summed E-state index contributed by atoms with van der Waals surface area (Å²) < 4.78 is 0. The highest BCUT2D eigenvalue weighted by molar-refractivity contribution is 4.93. The number of hydrogen-bond donors (Lipinski definition) is 0. The van der Waals surface area contributed by atoms with Crippen LogP contribution in [0.1, 0.15) is 206 Å². The van der Waals surface area contributed by atoms with Gasteiger partial charge >= 0.3 is 0 Å². The molecule has 0 heteroatoms. The number of rotatable bonds is 30. The van der Waals surface area contributed by atoms with Crippen LogP contribution in [-0.2, 0) is 0 Å². The Kier molecular flexibility index (Phi) is 30.5. The van der Waals surface area contributed by atoms with Crippen molar-refractivity contribution >= 4 is 0 Å². The topological polar surface area (TPSA) is 0 Å². The van der Waals surface area contributed by atoms with E-state index < -0.39 is 0 Å². The molecule has 34 heavy (non-hydrogen) atoms. The lowest BCUT2D eigenvalue weighted by molar-refractivity contribution is 0.531. The molecule has 0 amide bonds. The third-order valence-corrected chi connectivity index (χ3v) is 7.77. The van der Waals surface area contributed by atoms with Crippen LogP contribution < -0.4 is 0 Å². The molecule has 0 rings (SSSR count). The largest absolute Gasteiger partial charge is 0.0999 e. The summed E-state index contributed by atoms with van der Waals surface area (Å²) in [6.45, 7) is 8.96. The van der Waals surface area contributed by atoms with Gasteiger partial charge in [0.05, 0.1) is 0 Å². The van der Waals surface area contributed by atoms with E-state index in [4.69, 9.17) is 0 Å². The molecule has 0 aromatic heterocycles. The van der Waals surface area contributed by atoms with Gasteiger partial charge in [0.15, 0.2) is 0 Å². The van der Waals surface area contributed by atoms with Crippen molar-refractivity contribution in [2.75, 3.05) is 0 Å². The van der Waals surface area contributed by atoms with E-state index in [-0.39, 0.29) is 0 Å². The van der Waals surface area contributed by atoms with Crippen LogP contribution in [0.5, 0.6) is 0 Å². The molecule has 0 spiro atoms. The fraction of sp³-hybridized carbons (Fsp3) is 0.941. The summed E-state index contributed by atoms with van der Waals surface area (Å²) in [6.07, 6.45) is 43.2. The highest BCUT2D eigenvalue weighted by Gasteiger charge is 1.98. The van der Waals surface area contributed by atoms with E-state index in [0.29, 0.717) is 0 Å². The van der Waals surface area contributed by atoms with Crippen molar-refractivity contribution in [3.63, 3.8) is 0 Å². The molecule has 0 bridgehead atoms. The predicted molar refractivity (Wildman–Crippen MR) is 159 cm³/mol. The summed E-state index contributed by atoms with van der Waals surface area (Å²) in [5.74, 6) is 0. The summed E-state index contributed by atoms with van der Waals surface area (Å²) in [6, 6.07) is 0. The summed E-state index contributed by atoms with van der Waals surface area (Å²) >= 11 is 0. The van der Waals surface area contributed by atoms with Gasteiger partial charge in [-0.05, 0) is 25.7 Å². The van der Waals surface area contributed by atoms with Crippen LogP contribution in [0.25, 0.3) is 0 Å². The Balaban J connectivity index is 3.14. The van der Waals surface area contributed by atoms with Gasteiger partial charge in [-0.1, -0.05) is 193 Å². The third kappa shape index (κ3) is 29.8. The first-order chi connectivity index (χ1) is 16.8. The van der Waals surface area contributed by atoms with Crippen LogP contribution in [0.4, 0.5) is 0 Å². The van der Waals surface area contributed by atoms with Crippen LogP contribution in [-0.4, -0.2) is 0 Å². The fourth-order valence-electron chi connectivity index (χ4n) is 5.26. The van der Waals surface area contributed by atoms with Gasteiger partial charge in [0.25, 0.3) is 0 Å². The van der Waals surface area contributed by atoms with Gasteiger partial charge < -0.3 is 0 Å². The van der Waals surface area contributed by atoms with Gasteiger partial charge in [0.2, 0.25) is 0 Å². The van der Waals surface area contributed by atoms with Gasteiger partial charge in [-0.2, -0.15) is 0 Å². The van der Waals surface area contributed by atoms with E-state index in [0.717, 1.165) is 0 Å². The second-order valence-electron chi connectivity index (χ2n) is 11.4. The van der Waals surface area contributed by atoms with E-state index in [1.165, 1.54) is 198 Å². The minimum atomic E-state index is 1.29. The van der Waals surface area contributed by atoms with E-state index in [1.54, 1.807) is 0 Å². The predicted octanol–water partition coefficient (Wildman–Crippen LogP) is 13.3. The zero-order chi connectivity index (χ0) is 24.8. The maximum Gasteiger partial charge on any atom is -0.0323 e. The van der Waals surface area contributed by atoms with Crippen molar-refractivity contribution in [1.82, 2.24) is 0 Å². The van der Waals surface area contributed by atoms with Gasteiger partial charge in [-0.25, -0.2) is 0 Å². The summed E-state index contributed by atoms with van der Waals surface area (Å²) in [5.41, 5.74) is 1.53. The molecule has 0 radical (unpaired) electrons. The van der Waals surface area contributed by atoms with Crippen LogP contribution in [0, 0.1) is 0 Å². The Bertz CT molecular complexity index is 334. The van der Waals surface area contributed by atoms with Crippen molar-refractivity contribution < 1.29 is 0 Å².